The van der Waals surface area contributed by atoms with Crippen molar-refractivity contribution < 1.29 is 9.59 Å². The number of hydrogen-bond acceptors (Lipinski definition) is 6. The highest BCUT2D eigenvalue weighted by atomic mass is 32.1. The third kappa shape index (κ3) is 4.08. The molecule has 0 bridgehead atoms. The molecule has 1 amide bonds. The second-order valence-corrected chi connectivity index (χ2v) is 6.51. The molecule has 0 saturated heterocycles. The van der Waals surface area contributed by atoms with Crippen LogP contribution in [0, 0.1) is 0 Å². The standard InChI is InChI=1S/C16H13N3O2S2/c20-13(14-5-3-9-22-14)6-7-15(21)19-16-18-12(10-23-16)11-4-1-2-8-17-11/h1-5,8-10H,6-7H2,(H,18,19,21). The Labute approximate surface area is 141 Å². The van der Waals surface area contributed by atoms with Gasteiger partial charge >= 0.3 is 0 Å². The molecule has 3 heterocycles. The molecule has 0 aliphatic rings. The van der Waals surface area contributed by atoms with Gasteiger partial charge in [0.15, 0.2) is 10.9 Å². The molecular weight excluding hydrogens is 330 g/mol. The highest BCUT2D eigenvalue weighted by Crippen LogP contribution is 2.23. The maximum absolute atomic E-state index is 11.9. The lowest BCUT2D eigenvalue weighted by atomic mass is 10.2. The van der Waals surface area contributed by atoms with Crippen molar-refractivity contribution in [3.05, 3.63) is 52.2 Å². The molecule has 0 aliphatic carbocycles. The highest BCUT2D eigenvalue weighted by Gasteiger charge is 2.12. The average molecular weight is 343 g/mol. The number of hydrogen-bond donors (Lipinski definition) is 1. The van der Waals surface area contributed by atoms with Crippen molar-refractivity contribution >= 4 is 39.5 Å². The van der Waals surface area contributed by atoms with Crippen LogP contribution in [0.25, 0.3) is 11.4 Å². The van der Waals surface area contributed by atoms with Gasteiger partial charge in [0, 0.05) is 24.4 Å². The van der Waals surface area contributed by atoms with Crippen LogP contribution >= 0.6 is 22.7 Å². The predicted octanol–water partition coefficient (Wildman–Crippen LogP) is 3.87. The number of thiophene rings is 1. The number of rotatable bonds is 6. The zero-order chi connectivity index (χ0) is 16.1. The summed E-state index contributed by atoms with van der Waals surface area (Å²) in [6.07, 6.45) is 2.04. The van der Waals surface area contributed by atoms with Crippen LogP contribution in [-0.2, 0) is 4.79 Å². The van der Waals surface area contributed by atoms with Gasteiger partial charge in [-0.05, 0) is 23.6 Å². The first kappa shape index (κ1) is 15.5. The van der Waals surface area contributed by atoms with Gasteiger partial charge in [-0.1, -0.05) is 12.1 Å². The van der Waals surface area contributed by atoms with Crippen molar-refractivity contribution in [2.24, 2.45) is 0 Å². The van der Waals surface area contributed by atoms with E-state index in [2.05, 4.69) is 15.3 Å². The van der Waals surface area contributed by atoms with Gasteiger partial charge in [0.05, 0.1) is 10.6 Å². The Bertz CT molecular complexity index is 798. The average Bonchev–Trinajstić information content (AvgIpc) is 3.25. The van der Waals surface area contributed by atoms with Crippen LogP contribution in [0.15, 0.2) is 47.3 Å². The fourth-order valence-electron chi connectivity index (χ4n) is 1.93. The van der Waals surface area contributed by atoms with Crippen molar-refractivity contribution in [1.82, 2.24) is 9.97 Å². The second kappa shape index (κ2) is 7.26. The lowest BCUT2D eigenvalue weighted by Crippen LogP contribution is -2.13. The van der Waals surface area contributed by atoms with E-state index in [9.17, 15) is 9.59 Å². The predicted molar refractivity (Wildman–Crippen MR) is 91.9 cm³/mol. The number of nitrogens with zero attached hydrogens (tertiary/aromatic N) is 2. The molecule has 0 aliphatic heterocycles. The molecule has 0 unspecified atom stereocenters. The zero-order valence-electron chi connectivity index (χ0n) is 12.1. The first-order chi connectivity index (χ1) is 11.2. The van der Waals surface area contributed by atoms with Gasteiger partial charge in [-0.15, -0.1) is 22.7 Å². The normalized spacial score (nSPS) is 10.4. The molecule has 0 spiro atoms. The Kier molecular flexibility index (Phi) is 4.89. The van der Waals surface area contributed by atoms with Crippen LogP contribution < -0.4 is 5.32 Å². The minimum absolute atomic E-state index is 0.0107. The number of amides is 1. The van der Waals surface area contributed by atoms with Gasteiger partial charge in [-0.2, -0.15) is 0 Å². The molecule has 116 valence electrons. The molecule has 0 aromatic carbocycles. The van der Waals surface area contributed by atoms with Crippen LogP contribution in [0.2, 0.25) is 0 Å². The third-order valence-electron chi connectivity index (χ3n) is 3.05. The van der Waals surface area contributed by atoms with E-state index in [-0.39, 0.29) is 24.5 Å². The number of anilines is 1. The highest BCUT2D eigenvalue weighted by molar-refractivity contribution is 7.14. The number of thiazole rings is 1. The third-order valence-corrected chi connectivity index (χ3v) is 4.72. The molecule has 7 heteroatoms. The first-order valence-electron chi connectivity index (χ1n) is 6.96. The van der Waals surface area contributed by atoms with Gasteiger partial charge in [-0.25, -0.2) is 4.98 Å². The van der Waals surface area contributed by atoms with Crippen molar-refractivity contribution in [1.29, 1.82) is 0 Å². The molecule has 3 aromatic heterocycles. The molecule has 0 radical (unpaired) electrons. The van der Waals surface area contributed by atoms with Crippen LogP contribution in [0.1, 0.15) is 22.5 Å². The number of nitrogens with one attached hydrogen (secondary N) is 1. The van der Waals surface area contributed by atoms with Crippen LogP contribution in [-0.4, -0.2) is 21.7 Å². The van der Waals surface area contributed by atoms with E-state index >= 15 is 0 Å². The Morgan fingerprint density at radius 1 is 1.04 bits per heavy atom. The first-order valence-corrected chi connectivity index (χ1v) is 8.72. The van der Waals surface area contributed by atoms with E-state index in [0.717, 1.165) is 11.4 Å². The molecule has 0 fully saturated rings. The van der Waals surface area contributed by atoms with E-state index in [4.69, 9.17) is 0 Å². The summed E-state index contributed by atoms with van der Waals surface area (Å²) in [6.45, 7) is 0. The summed E-state index contributed by atoms with van der Waals surface area (Å²) in [5.74, 6) is -0.222. The monoisotopic (exact) mass is 343 g/mol. The largest absolute Gasteiger partial charge is 0.302 e. The number of pyridine rings is 1. The lowest BCUT2D eigenvalue weighted by molar-refractivity contribution is -0.116. The van der Waals surface area contributed by atoms with Crippen LogP contribution in [0.4, 0.5) is 5.13 Å². The number of Topliss-reactive ketones (excluding diaryl/α,β-unsaturated/α-hetero) is 1. The van der Waals surface area contributed by atoms with E-state index in [1.54, 1.807) is 12.3 Å². The number of carbonyl (C=O) groups excluding carboxylic acids is 2. The summed E-state index contributed by atoms with van der Waals surface area (Å²) in [5, 5.41) is 6.93. The summed E-state index contributed by atoms with van der Waals surface area (Å²) >= 11 is 2.73. The smallest absolute Gasteiger partial charge is 0.226 e. The van der Waals surface area contributed by atoms with Crippen molar-refractivity contribution in [3.8, 4) is 11.4 Å². The van der Waals surface area contributed by atoms with E-state index < -0.39 is 0 Å². The van der Waals surface area contributed by atoms with Crippen molar-refractivity contribution in [2.75, 3.05) is 5.32 Å². The van der Waals surface area contributed by atoms with Gasteiger partial charge in [-0.3, -0.25) is 14.6 Å². The van der Waals surface area contributed by atoms with E-state index in [0.29, 0.717) is 10.0 Å². The molecule has 3 rings (SSSR count). The summed E-state index contributed by atoms with van der Waals surface area (Å²) in [5.41, 5.74) is 1.48. The van der Waals surface area contributed by atoms with Crippen LogP contribution in [0.5, 0.6) is 0 Å². The second-order valence-electron chi connectivity index (χ2n) is 4.70. The molecule has 23 heavy (non-hydrogen) atoms. The van der Waals surface area contributed by atoms with E-state index in [1.807, 2.05) is 35.0 Å². The van der Waals surface area contributed by atoms with Gasteiger partial charge in [0.1, 0.15) is 5.69 Å². The van der Waals surface area contributed by atoms with Gasteiger partial charge in [0.25, 0.3) is 0 Å². The molecule has 0 saturated carbocycles. The van der Waals surface area contributed by atoms with Crippen molar-refractivity contribution in [2.45, 2.75) is 12.8 Å². The summed E-state index contributed by atoms with van der Waals surface area (Å²) in [6, 6.07) is 9.18. The maximum Gasteiger partial charge on any atom is 0.226 e. The quantitative estimate of drug-likeness (QED) is 0.690. The van der Waals surface area contributed by atoms with Crippen LogP contribution in [0.3, 0.4) is 0 Å². The number of ketones is 1. The minimum atomic E-state index is -0.211. The Morgan fingerprint density at radius 3 is 2.70 bits per heavy atom. The summed E-state index contributed by atoms with van der Waals surface area (Å²) < 4.78 is 0. The Morgan fingerprint density at radius 2 is 1.96 bits per heavy atom. The fraction of sp³-hybridized carbons (Fsp3) is 0.125. The van der Waals surface area contributed by atoms with E-state index in [1.165, 1.54) is 22.7 Å². The molecule has 5 nitrogen and oxygen atoms in total. The zero-order valence-corrected chi connectivity index (χ0v) is 13.7. The lowest BCUT2D eigenvalue weighted by Gasteiger charge is -2.00. The Balaban J connectivity index is 1.54. The SMILES string of the molecule is O=C(CCC(=O)c1cccs1)Nc1nc(-c2ccccn2)cs1. The summed E-state index contributed by atoms with van der Waals surface area (Å²) in [4.78, 5) is 33.0. The number of carbonyl (C=O) groups is 2. The maximum atomic E-state index is 11.9. The van der Waals surface area contributed by atoms with Gasteiger partial charge in [0.2, 0.25) is 5.91 Å². The fourth-order valence-corrected chi connectivity index (χ4v) is 3.35. The van der Waals surface area contributed by atoms with Gasteiger partial charge < -0.3 is 5.32 Å². The Hall–Kier alpha value is -2.38. The summed E-state index contributed by atoms with van der Waals surface area (Å²) in [7, 11) is 0. The minimum Gasteiger partial charge on any atom is -0.302 e. The molecule has 3 aromatic rings. The molecule has 1 N–H and O–H groups in total. The van der Waals surface area contributed by atoms with Crippen molar-refractivity contribution in [3.63, 3.8) is 0 Å². The molecular formula is C16H13N3O2S2. The molecule has 0 atom stereocenters. The number of aromatic nitrogens is 2. The topological polar surface area (TPSA) is 72.0 Å².